The summed E-state index contributed by atoms with van der Waals surface area (Å²) in [5.74, 6) is 0.305. The molecule has 0 radical (unpaired) electrons. The van der Waals surface area contributed by atoms with Crippen molar-refractivity contribution in [2.45, 2.75) is 33.2 Å². The highest BCUT2D eigenvalue weighted by Crippen LogP contribution is 1.97. The lowest BCUT2D eigenvalue weighted by atomic mass is 10.2. The number of ether oxygens (including phenoxy) is 3. The van der Waals surface area contributed by atoms with E-state index in [2.05, 4.69) is 19.2 Å². The summed E-state index contributed by atoms with van der Waals surface area (Å²) in [5, 5.41) is 3.06. The molecule has 0 spiro atoms. The van der Waals surface area contributed by atoms with E-state index < -0.39 is 0 Å². The fourth-order valence-corrected chi connectivity index (χ4v) is 1.43. The number of esters is 1. The maximum atomic E-state index is 11.4. The summed E-state index contributed by atoms with van der Waals surface area (Å²) in [4.78, 5) is 11.4. The average Bonchev–Trinajstić information content (AvgIpc) is 2.35. The second-order valence-electron chi connectivity index (χ2n) is 4.50. The molecule has 0 aromatic carbocycles. The lowest BCUT2D eigenvalue weighted by Crippen LogP contribution is -2.38. The standard InChI is InChI=1S/C13H27NO4/c1-5-14-12(13(15)16-4)6-7-17-8-9-18-10-11(2)3/h11-12,14H,5-10H2,1-4H3. The van der Waals surface area contributed by atoms with Gasteiger partial charge >= 0.3 is 5.97 Å². The summed E-state index contributed by atoms with van der Waals surface area (Å²) < 4.78 is 15.5. The number of nitrogens with one attached hydrogen (secondary N) is 1. The zero-order chi connectivity index (χ0) is 13.8. The van der Waals surface area contributed by atoms with Crippen LogP contribution in [0.1, 0.15) is 27.2 Å². The molecule has 1 N–H and O–H groups in total. The van der Waals surface area contributed by atoms with E-state index in [-0.39, 0.29) is 12.0 Å². The number of methoxy groups -OCH3 is 1. The number of carbonyl (C=O) groups excluding carboxylic acids is 1. The van der Waals surface area contributed by atoms with Crippen molar-refractivity contribution in [3.63, 3.8) is 0 Å². The number of likely N-dealkylation sites (N-methyl/N-ethyl adjacent to an activating group) is 1. The highest BCUT2D eigenvalue weighted by atomic mass is 16.5. The summed E-state index contributed by atoms with van der Waals surface area (Å²) in [6, 6.07) is -0.281. The minimum atomic E-state index is -0.281. The van der Waals surface area contributed by atoms with Crippen LogP contribution in [-0.4, -0.2) is 52.1 Å². The quantitative estimate of drug-likeness (QED) is 0.447. The van der Waals surface area contributed by atoms with Crippen molar-refractivity contribution in [1.29, 1.82) is 0 Å². The third-order valence-corrected chi connectivity index (χ3v) is 2.31. The van der Waals surface area contributed by atoms with Gasteiger partial charge in [-0.25, -0.2) is 0 Å². The van der Waals surface area contributed by atoms with Gasteiger partial charge in [-0.05, 0) is 18.9 Å². The predicted octanol–water partition coefficient (Wildman–Crippen LogP) is 1.22. The van der Waals surface area contributed by atoms with Crippen LogP contribution in [-0.2, 0) is 19.0 Å². The summed E-state index contributed by atoms with van der Waals surface area (Å²) in [7, 11) is 1.40. The number of carbonyl (C=O) groups is 1. The van der Waals surface area contributed by atoms with Crippen molar-refractivity contribution in [2.24, 2.45) is 5.92 Å². The first-order valence-electron chi connectivity index (χ1n) is 6.58. The first-order chi connectivity index (χ1) is 8.61. The molecule has 0 heterocycles. The molecule has 0 amide bonds. The molecule has 108 valence electrons. The zero-order valence-corrected chi connectivity index (χ0v) is 12.0. The zero-order valence-electron chi connectivity index (χ0n) is 12.0. The van der Waals surface area contributed by atoms with Gasteiger partial charge < -0.3 is 19.5 Å². The van der Waals surface area contributed by atoms with E-state index in [9.17, 15) is 4.79 Å². The van der Waals surface area contributed by atoms with Crippen molar-refractivity contribution in [3.8, 4) is 0 Å². The van der Waals surface area contributed by atoms with Gasteiger partial charge in [-0.2, -0.15) is 0 Å². The van der Waals surface area contributed by atoms with E-state index in [4.69, 9.17) is 14.2 Å². The molecule has 1 unspecified atom stereocenters. The average molecular weight is 261 g/mol. The Balaban J connectivity index is 3.52. The Morgan fingerprint density at radius 3 is 2.39 bits per heavy atom. The Hall–Kier alpha value is -0.650. The molecule has 0 aromatic rings. The van der Waals surface area contributed by atoms with Crippen LogP contribution in [0.2, 0.25) is 0 Å². The lowest BCUT2D eigenvalue weighted by molar-refractivity contribution is -0.143. The molecule has 0 saturated heterocycles. The summed E-state index contributed by atoms with van der Waals surface area (Å²) in [6.45, 7) is 9.35. The highest BCUT2D eigenvalue weighted by molar-refractivity contribution is 5.75. The van der Waals surface area contributed by atoms with Gasteiger partial charge in [-0.1, -0.05) is 20.8 Å². The summed E-state index contributed by atoms with van der Waals surface area (Å²) in [5.41, 5.74) is 0. The maximum Gasteiger partial charge on any atom is 0.322 e. The molecule has 0 bridgehead atoms. The van der Waals surface area contributed by atoms with Gasteiger partial charge in [0, 0.05) is 13.2 Å². The van der Waals surface area contributed by atoms with E-state index in [1.165, 1.54) is 7.11 Å². The first-order valence-corrected chi connectivity index (χ1v) is 6.58. The van der Waals surface area contributed by atoms with Crippen LogP contribution in [0.5, 0.6) is 0 Å². The smallest absolute Gasteiger partial charge is 0.322 e. The van der Waals surface area contributed by atoms with E-state index >= 15 is 0 Å². The molecule has 18 heavy (non-hydrogen) atoms. The van der Waals surface area contributed by atoms with Crippen molar-refractivity contribution in [2.75, 3.05) is 40.1 Å². The molecular weight excluding hydrogens is 234 g/mol. The molecule has 0 rings (SSSR count). The maximum absolute atomic E-state index is 11.4. The van der Waals surface area contributed by atoms with Gasteiger partial charge in [-0.15, -0.1) is 0 Å². The monoisotopic (exact) mass is 261 g/mol. The summed E-state index contributed by atoms with van der Waals surface area (Å²) in [6.07, 6.45) is 0.616. The van der Waals surface area contributed by atoms with Gasteiger partial charge in [0.2, 0.25) is 0 Å². The molecule has 0 aliphatic carbocycles. The third-order valence-electron chi connectivity index (χ3n) is 2.31. The largest absolute Gasteiger partial charge is 0.468 e. The van der Waals surface area contributed by atoms with Crippen LogP contribution in [0.25, 0.3) is 0 Å². The van der Waals surface area contributed by atoms with Crippen LogP contribution in [0.4, 0.5) is 0 Å². The minimum absolute atomic E-state index is 0.239. The molecule has 0 aliphatic heterocycles. The molecule has 1 atom stereocenters. The number of hydrogen-bond acceptors (Lipinski definition) is 5. The highest BCUT2D eigenvalue weighted by Gasteiger charge is 2.16. The number of hydrogen-bond donors (Lipinski definition) is 1. The van der Waals surface area contributed by atoms with E-state index in [1.807, 2.05) is 6.92 Å². The molecule has 0 aromatic heterocycles. The van der Waals surface area contributed by atoms with Crippen molar-refractivity contribution in [1.82, 2.24) is 5.32 Å². The molecule has 0 saturated carbocycles. The number of rotatable bonds is 11. The van der Waals surface area contributed by atoms with Crippen LogP contribution in [0.15, 0.2) is 0 Å². The summed E-state index contributed by atoms with van der Waals surface area (Å²) >= 11 is 0. The third kappa shape index (κ3) is 9.39. The van der Waals surface area contributed by atoms with Gasteiger partial charge in [-0.3, -0.25) is 4.79 Å². The first kappa shape index (κ1) is 17.4. The molecular formula is C13H27NO4. The Morgan fingerprint density at radius 2 is 1.83 bits per heavy atom. The van der Waals surface area contributed by atoms with Crippen LogP contribution in [0, 0.1) is 5.92 Å². The van der Waals surface area contributed by atoms with E-state index in [1.54, 1.807) is 0 Å². The molecule has 0 aliphatic rings. The van der Waals surface area contributed by atoms with Gasteiger partial charge in [0.05, 0.1) is 20.3 Å². The minimum Gasteiger partial charge on any atom is -0.468 e. The van der Waals surface area contributed by atoms with Gasteiger partial charge in [0.15, 0.2) is 0 Å². The second kappa shape index (κ2) is 11.4. The second-order valence-corrected chi connectivity index (χ2v) is 4.50. The predicted molar refractivity (Wildman–Crippen MR) is 70.6 cm³/mol. The van der Waals surface area contributed by atoms with Crippen LogP contribution in [0.3, 0.4) is 0 Å². The van der Waals surface area contributed by atoms with Crippen molar-refractivity contribution in [3.05, 3.63) is 0 Å². The topological polar surface area (TPSA) is 56.8 Å². The SMILES string of the molecule is CCNC(CCOCCOCC(C)C)C(=O)OC. The lowest BCUT2D eigenvalue weighted by Gasteiger charge is -2.15. The van der Waals surface area contributed by atoms with Crippen LogP contribution < -0.4 is 5.32 Å². The van der Waals surface area contributed by atoms with Crippen molar-refractivity contribution >= 4 is 5.97 Å². The van der Waals surface area contributed by atoms with Crippen LogP contribution >= 0.6 is 0 Å². The Bertz CT molecular complexity index is 209. The Morgan fingerprint density at radius 1 is 1.17 bits per heavy atom. The van der Waals surface area contributed by atoms with E-state index in [0.29, 0.717) is 32.2 Å². The fraction of sp³-hybridized carbons (Fsp3) is 0.923. The van der Waals surface area contributed by atoms with Gasteiger partial charge in [0.25, 0.3) is 0 Å². The normalized spacial score (nSPS) is 12.7. The Kier molecular flexibility index (Phi) is 11.0. The van der Waals surface area contributed by atoms with Crippen molar-refractivity contribution < 1.29 is 19.0 Å². The molecule has 5 nitrogen and oxygen atoms in total. The van der Waals surface area contributed by atoms with E-state index in [0.717, 1.165) is 13.2 Å². The Labute approximate surface area is 110 Å². The fourth-order valence-electron chi connectivity index (χ4n) is 1.43. The molecule has 5 heteroatoms. The molecule has 0 fully saturated rings. The van der Waals surface area contributed by atoms with Gasteiger partial charge in [0.1, 0.15) is 6.04 Å².